The van der Waals surface area contributed by atoms with Crippen LogP contribution in [-0.2, 0) is 0 Å². The summed E-state index contributed by atoms with van der Waals surface area (Å²) in [6.45, 7) is 6.59. The van der Waals surface area contributed by atoms with Crippen LogP contribution in [0.15, 0.2) is 53.0 Å². The van der Waals surface area contributed by atoms with Crippen molar-refractivity contribution in [1.29, 1.82) is 0 Å². The Balaban J connectivity index is 2.11. The first kappa shape index (κ1) is 14.3. The zero-order valence-electron chi connectivity index (χ0n) is 11.7. The van der Waals surface area contributed by atoms with Gasteiger partial charge in [-0.2, -0.15) is 0 Å². The number of aryl methyl sites for hydroxylation is 1. The lowest BCUT2D eigenvalue weighted by molar-refractivity contribution is 0.493. The summed E-state index contributed by atoms with van der Waals surface area (Å²) < 4.78 is 1.13. The molecule has 0 aliphatic heterocycles. The van der Waals surface area contributed by atoms with Crippen LogP contribution in [0.3, 0.4) is 0 Å². The van der Waals surface area contributed by atoms with Gasteiger partial charge in [0.15, 0.2) is 0 Å². The monoisotopic (exact) mass is 317 g/mol. The average molecular weight is 318 g/mol. The van der Waals surface area contributed by atoms with Crippen LogP contribution in [0.2, 0.25) is 0 Å². The van der Waals surface area contributed by atoms with Crippen LogP contribution in [0, 0.1) is 6.92 Å². The van der Waals surface area contributed by atoms with Crippen LogP contribution in [0.5, 0.6) is 0 Å². The topological polar surface area (TPSA) is 12.0 Å². The van der Waals surface area contributed by atoms with Gasteiger partial charge in [0.05, 0.1) is 0 Å². The van der Waals surface area contributed by atoms with E-state index < -0.39 is 0 Å². The molecule has 0 heterocycles. The van der Waals surface area contributed by atoms with E-state index in [2.05, 4.69) is 90.5 Å². The van der Waals surface area contributed by atoms with Crippen LogP contribution < -0.4 is 5.32 Å². The van der Waals surface area contributed by atoms with Crippen molar-refractivity contribution >= 4 is 15.9 Å². The quantitative estimate of drug-likeness (QED) is 0.820. The first-order chi connectivity index (χ1) is 9.08. The molecule has 2 unspecified atom stereocenters. The van der Waals surface area contributed by atoms with Gasteiger partial charge >= 0.3 is 0 Å². The van der Waals surface area contributed by atoms with E-state index in [9.17, 15) is 0 Å². The number of hydrogen-bond acceptors (Lipinski definition) is 1. The van der Waals surface area contributed by atoms with Gasteiger partial charge in [-0.1, -0.05) is 52.3 Å². The van der Waals surface area contributed by atoms with Crippen molar-refractivity contribution in [2.75, 3.05) is 0 Å². The molecule has 0 bridgehead atoms. The average Bonchev–Trinajstić information content (AvgIpc) is 2.39. The standard InChI is InChI=1S/C17H20BrN/c1-12-7-4-5-10-17(12)14(3)19-13(2)15-8-6-9-16(18)11-15/h4-11,13-14,19H,1-3H3. The fourth-order valence-electron chi connectivity index (χ4n) is 2.41. The third-order valence-electron chi connectivity index (χ3n) is 3.50. The molecule has 1 nitrogen and oxygen atoms in total. The summed E-state index contributed by atoms with van der Waals surface area (Å²) >= 11 is 3.53. The molecule has 19 heavy (non-hydrogen) atoms. The maximum absolute atomic E-state index is 3.66. The van der Waals surface area contributed by atoms with Crippen LogP contribution in [0.25, 0.3) is 0 Å². The SMILES string of the molecule is Cc1ccccc1C(C)NC(C)c1cccc(Br)c1. The molecule has 0 amide bonds. The van der Waals surface area contributed by atoms with Crippen molar-refractivity contribution in [3.8, 4) is 0 Å². The fourth-order valence-corrected chi connectivity index (χ4v) is 2.83. The van der Waals surface area contributed by atoms with Gasteiger partial charge in [-0.3, -0.25) is 0 Å². The molecule has 0 saturated carbocycles. The Morgan fingerprint density at radius 3 is 2.37 bits per heavy atom. The van der Waals surface area contributed by atoms with Crippen LogP contribution >= 0.6 is 15.9 Å². The second kappa shape index (κ2) is 6.36. The summed E-state index contributed by atoms with van der Waals surface area (Å²) in [5.74, 6) is 0. The van der Waals surface area contributed by atoms with E-state index in [0.29, 0.717) is 12.1 Å². The second-order valence-corrected chi connectivity index (χ2v) is 5.94. The van der Waals surface area contributed by atoms with E-state index in [0.717, 1.165) is 4.47 Å². The predicted octanol–water partition coefficient (Wildman–Crippen LogP) is 5.17. The van der Waals surface area contributed by atoms with Gasteiger partial charge in [-0.05, 0) is 49.6 Å². The zero-order valence-corrected chi connectivity index (χ0v) is 13.2. The van der Waals surface area contributed by atoms with Crippen LogP contribution in [0.1, 0.15) is 42.6 Å². The normalized spacial score (nSPS) is 14.1. The third kappa shape index (κ3) is 3.68. The minimum atomic E-state index is 0.326. The number of benzene rings is 2. The molecule has 100 valence electrons. The Morgan fingerprint density at radius 2 is 1.68 bits per heavy atom. The second-order valence-electron chi connectivity index (χ2n) is 5.02. The Bertz CT molecular complexity index is 550. The maximum Gasteiger partial charge on any atom is 0.0300 e. The zero-order chi connectivity index (χ0) is 13.8. The van der Waals surface area contributed by atoms with E-state index in [1.165, 1.54) is 16.7 Å². The fraction of sp³-hybridized carbons (Fsp3) is 0.294. The van der Waals surface area contributed by atoms with E-state index >= 15 is 0 Å². The van der Waals surface area contributed by atoms with Gasteiger partial charge in [-0.25, -0.2) is 0 Å². The number of hydrogen-bond donors (Lipinski definition) is 1. The van der Waals surface area contributed by atoms with Gasteiger partial charge in [0.2, 0.25) is 0 Å². The minimum absolute atomic E-state index is 0.326. The van der Waals surface area contributed by atoms with Crippen molar-refractivity contribution in [1.82, 2.24) is 5.32 Å². The first-order valence-electron chi connectivity index (χ1n) is 6.65. The maximum atomic E-state index is 3.66. The van der Waals surface area contributed by atoms with Crippen molar-refractivity contribution in [2.45, 2.75) is 32.9 Å². The molecule has 1 N–H and O–H groups in total. The highest BCUT2D eigenvalue weighted by atomic mass is 79.9. The number of halogens is 1. The molecule has 2 rings (SSSR count). The lowest BCUT2D eigenvalue weighted by Gasteiger charge is -2.22. The smallest absolute Gasteiger partial charge is 0.0300 e. The molecule has 2 atom stereocenters. The van der Waals surface area contributed by atoms with Gasteiger partial charge < -0.3 is 5.32 Å². The first-order valence-corrected chi connectivity index (χ1v) is 7.44. The van der Waals surface area contributed by atoms with E-state index in [1.54, 1.807) is 0 Å². The lowest BCUT2D eigenvalue weighted by atomic mass is 10.0. The Kier molecular flexibility index (Phi) is 4.78. The highest BCUT2D eigenvalue weighted by molar-refractivity contribution is 9.10. The molecule has 0 fully saturated rings. The number of rotatable bonds is 4. The summed E-state index contributed by atoms with van der Waals surface area (Å²) in [5, 5.41) is 3.66. The summed E-state index contributed by atoms with van der Waals surface area (Å²) in [4.78, 5) is 0. The molecule has 0 radical (unpaired) electrons. The summed E-state index contributed by atoms with van der Waals surface area (Å²) in [6, 6.07) is 17.7. The third-order valence-corrected chi connectivity index (χ3v) is 4.00. The Morgan fingerprint density at radius 1 is 0.947 bits per heavy atom. The van der Waals surface area contributed by atoms with E-state index in [4.69, 9.17) is 0 Å². The van der Waals surface area contributed by atoms with Crippen LogP contribution in [-0.4, -0.2) is 0 Å². The van der Waals surface area contributed by atoms with Gasteiger partial charge in [0.1, 0.15) is 0 Å². The van der Waals surface area contributed by atoms with Crippen LogP contribution in [0.4, 0.5) is 0 Å². The molecule has 0 aliphatic rings. The van der Waals surface area contributed by atoms with E-state index in [1.807, 2.05) is 0 Å². The molecular weight excluding hydrogens is 298 g/mol. The molecule has 2 heteroatoms. The molecular formula is C17H20BrN. The summed E-state index contributed by atoms with van der Waals surface area (Å²) in [6.07, 6.45) is 0. The highest BCUT2D eigenvalue weighted by Crippen LogP contribution is 2.23. The molecule has 0 saturated heterocycles. The van der Waals surface area contributed by atoms with Crippen molar-refractivity contribution in [3.63, 3.8) is 0 Å². The molecule has 0 spiro atoms. The largest absolute Gasteiger partial charge is 0.304 e. The molecule has 2 aromatic carbocycles. The van der Waals surface area contributed by atoms with Gasteiger partial charge in [0.25, 0.3) is 0 Å². The lowest BCUT2D eigenvalue weighted by Crippen LogP contribution is -2.23. The summed E-state index contributed by atoms with van der Waals surface area (Å²) in [7, 11) is 0. The van der Waals surface area contributed by atoms with Crippen molar-refractivity contribution in [3.05, 3.63) is 69.7 Å². The van der Waals surface area contributed by atoms with Gasteiger partial charge in [0, 0.05) is 16.6 Å². The summed E-state index contributed by atoms with van der Waals surface area (Å²) in [5.41, 5.74) is 4.00. The van der Waals surface area contributed by atoms with Crippen molar-refractivity contribution in [2.24, 2.45) is 0 Å². The van der Waals surface area contributed by atoms with Gasteiger partial charge in [-0.15, -0.1) is 0 Å². The molecule has 0 aliphatic carbocycles. The molecule has 0 aromatic heterocycles. The minimum Gasteiger partial charge on any atom is -0.304 e. The Labute approximate surface area is 124 Å². The number of nitrogens with one attached hydrogen (secondary N) is 1. The molecule has 2 aromatic rings. The predicted molar refractivity (Wildman–Crippen MR) is 85.3 cm³/mol. The Hall–Kier alpha value is -1.12. The van der Waals surface area contributed by atoms with Crippen molar-refractivity contribution < 1.29 is 0 Å². The van der Waals surface area contributed by atoms with E-state index in [-0.39, 0.29) is 0 Å². The highest BCUT2D eigenvalue weighted by Gasteiger charge is 2.12.